The third-order valence-corrected chi connectivity index (χ3v) is 10.4. The van der Waals surface area contributed by atoms with Crippen LogP contribution in [0.4, 0.5) is 0 Å². The van der Waals surface area contributed by atoms with Crippen molar-refractivity contribution in [3.05, 3.63) is 12.2 Å². The van der Waals surface area contributed by atoms with Gasteiger partial charge < -0.3 is 5.21 Å². The Bertz CT molecular complexity index is 651. The van der Waals surface area contributed by atoms with Crippen LogP contribution in [-0.4, -0.2) is 10.9 Å². The lowest BCUT2D eigenvalue weighted by atomic mass is 9.45. The number of fused-ring (bicyclic) bond motifs is 5. The zero-order chi connectivity index (χ0) is 20.8. The molecule has 4 rings (SSSR count). The molecule has 3 fully saturated rings. The summed E-state index contributed by atoms with van der Waals surface area (Å²) in [6.45, 7) is 12.5. The Morgan fingerprint density at radius 2 is 1.76 bits per heavy atom. The van der Waals surface area contributed by atoms with Gasteiger partial charge in [0.1, 0.15) is 0 Å². The Balaban J connectivity index is 1.50. The minimum absolute atomic E-state index is 0.307. The van der Waals surface area contributed by atoms with Gasteiger partial charge in [-0.15, -0.1) is 0 Å². The highest BCUT2D eigenvalue weighted by Gasteiger charge is 2.60. The van der Waals surface area contributed by atoms with Crippen molar-refractivity contribution in [1.82, 2.24) is 0 Å². The maximum atomic E-state index is 9.42. The Labute approximate surface area is 179 Å². The Hall–Kier alpha value is -0.790. The van der Waals surface area contributed by atoms with Crippen LogP contribution in [0.15, 0.2) is 17.3 Å². The molecule has 2 heteroatoms. The molecule has 0 amide bonds. The second kappa shape index (κ2) is 8.04. The fraction of sp³-hybridized carbons (Fsp3) is 0.889. The summed E-state index contributed by atoms with van der Waals surface area (Å²) in [4.78, 5) is 0. The van der Waals surface area contributed by atoms with Gasteiger partial charge in [-0.05, 0) is 103 Å². The molecule has 8 atom stereocenters. The van der Waals surface area contributed by atoms with Gasteiger partial charge in [-0.3, -0.25) is 0 Å². The van der Waals surface area contributed by atoms with Crippen LogP contribution < -0.4 is 0 Å². The predicted octanol–water partition coefficient (Wildman–Crippen LogP) is 7.71. The number of rotatable bonds is 5. The molecule has 0 unspecified atom stereocenters. The standard InChI is InChI=1S/C27H45NO/c1-18(2)7-6-8-19(3)23-13-14-24-22-12-10-20-9-11-21(28-29)17-27(20,5)25(22)15-16-26(23,24)4/h9,11,18-20,22-25,29H,6-8,10,12-17H2,1-5H3/b28-21-/t19-,20-,22+,23-,24+,25+,26-,27+/m1/s1. The molecule has 3 saturated carbocycles. The lowest BCUT2D eigenvalue weighted by Crippen LogP contribution is -2.53. The van der Waals surface area contributed by atoms with Crippen molar-refractivity contribution in [3.8, 4) is 0 Å². The Kier molecular flexibility index (Phi) is 5.95. The summed E-state index contributed by atoms with van der Waals surface area (Å²) in [7, 11) is 0. The largest absolute Gasteiger partial charge is 0.411 e. The maximum absolute atomic E-state index is 9.42. The number of allylic oxidation sites excluding steroid dienone is 2. The lowest BCUT2D eigenvalue weighted by molar-refractivity contribution is -0.0890. The highest BCUT2D eigenvalue weighted by Crippen LogP contribution is 2.67. The van der Waals surface area contributed by atoms with Crippen LogP contribution in [-0.2, 0) is 0 Å². The zero-order valence-corrected chi connectivity index (χ0v) is 19.7. The fourth-order valence-corrected chi connectivity index (χ4v) is 8.83. The van der Waals surface area contributed by atoms with Gasteiger partial charge in [0.15, 0.2) is 0 Å². The van der Waals surface area contributed by atoms with Crippen LogP contribution in [0.1, 0.15) is 98.8 Å². The summed E-state index contributed by atoms with van der Waals surface area (Å²) in [6, 6.07) is 0. The Morgan fingerprint density at radius 1 is 1.00 bits per heavy atom. The summed E-state index contributed by atoms with van der Waals surface area (Å²) in [6.07, 6.45) is 18.2. The first-order valence-corrected chi connectivity index (χ1v) is 12.7. The third kappa shape index (κ3) is 3.61. The average Bonchev–Trinajstić information content (AvgIpc) is 3.04. The van der Waals surface area contributed by atoms with Crippen LogP contribution in [0.2, 0.25) is 0 Å². The van der Waals surface area contributed by atoms with Crippen molar-refractivity contribution >= 4 is 5.71 Å². The molecule has 4 aliphatic carbocycles. The van der Waals surface area contributed by atoms with E-state index in [0.717, 1.165) is 47.6 Å². The van der Waals surface area contributed by atoms with Crippen LogP contribution in [0, 0.1) is 52.3 Å². The van der Waals surface area contributed by atoms with E-state index in [9.17, 15) is 5.21 Å². The fourth-order valence-electron chi connectivity index (χ4n) is 8.83. The topological polar surface area (TPSA) is 32.6 Å². The van der Waals surface area contributed by atoms with E-state index in [1.165, 1.54) is 57.8 Å². The zero-order valence-electron chi connectivity index (χ0n) is 19.7. The first-order valence-electron chi connectivity index (χ1n) is 12.7. The van der Waals surface area contributed by atoms with Crippen LogP contribution in [0.25, 0.3) is 0 Å². The second-order valence-electron chi connectivity index (χ2n) is 12.2. The van der Waals surface area contributed by atoms with Crippen molar-refractivity contribution < 1.29 is 5.21 Å². The minimum Gasteiger partial charge on any atom is -0.411 e. The van der Waals surface area contributed by atoms with Gasteiger partial charge in [0.2, 0.25) is 0 Å². The molecular weight excluding hydrogens is 354 g/mol. The number of hydrogen-bond acceptors (Lipinski definition) is 2. The van der Waals surface area contributed by atoms with Gasteiger partial charge >= 0.3 is 0 Å². The molecule has 0 aromatic carbocycles. The van der Waals surface area contributed by atoms with Gasteiger partial charge in [0, 0.05) is 0 Å². The molecule has 0 radical (unpaired) electrons. The summed E-state index contributed by atoms with van der Waals surface area (Å²) < 4.78 is 0. The molecule has 0 heterocycles. The molecule has 0 aromatic rings. The van der Waals surface area contributed by atoms with E-state index in [-0.39, 0.29) is 0 Å². The number of hydrogen-bond donors (Lipinski definition) is 1. The minimum atomic E-state index is 0.307. The van der Waals surface area contributed by atoms with Crippen molar-refractivity contribution in [2.75, 3.05) is 0 Å². The van der Waals surface area contributed by atoms with Gasteiger partial charge in [-0.2, -0.15) is 0 Å². The molecule has 0 saturated heterocycles. The SMILES string of the molecule is CC(C)CCC[C@@H](C)[C@H]1CC[C@H]2[C@@H]3CC[C@H]4C=C/C(=N/O)C[C@]4(C)[C@H]3CC[C@]12C. The van der Waals surface area contributed by atoms with E-state index in [2.05, 4.69) is 51.9 Å². The van der Waals surface area contributed by atoms with Crippen molar-refractivity contribution in [3.63, 3.8) is 0 Å². The van der Waals surface area contributed by atoms with Crippen LogP contribution >= 0.6 is 0 Å². The molecular formula is C27H45NO. The molecule has 0 aliphatic heterocycles. The van der Waals surface area contributed by atoms with E-state index < -0.39 is 0 Å². The summed E-state index contributed by atoms with van der Waals surface area (Å²) in [5.74, 6) is 6.00. The molecule has 0 aromatic heterocycles. The summed E-state index contributed by atoms with van der Waals surface area (Å²) in [5, 5.41) is 13.0. The predicted molar refractivity (Wildman–Crippen MR) is 122 cm³/mol. The third-order valence-electron chi connectivity index (χ3n) is 10.4. The summed E-state index contributed by atoms with van der Waals surface area (Å²) in [5.41, 5.74) is 1.78. The molecule has 1 N–H and O–H groups in total. The maximum Gasteiger partial charge on any atom is 0.0798 e. The quantitative estimate of drug-likeness (QED) is 0.372. The molecule has 0 spiro atoms. The molecule has 0 bridgehead atoms. The van der Waals surface area contributed by atoms with E-state index in [1.807, 2.05) is 0 Å². The Morgan fingerprint density at radius 3 is 2.48 bits per heavy atom. The molecule has 4 aliphatic rings. The highest BCUT2D eigenvalue weighted by atomic mass is 16.4. The van der Waals surface area contributed by atoms with Gasteiger partial charge in [0.25, 0.3) is 0 Å². The van der Waals surface area contributed by atoms with Crippen molar-refractivity contribution in [2.24, 2.45) is 57.4 Å². The monoisotopic (exact) mass is 399 g/mol. The highest BCUT2D eigenvalue weighted by molar-refractivity contribution is 5.95. The van der Waals surface area contributed by atoms with Crippen LogP contribution in [0.3, 0.4) is 0 Å². The normalized spacial score (nSPS) is 46.4. The van der Waals surface area contributed by atoms with E-state index in [4.69, 9.17) is 0 Å². The van der Waals surface area contributed by atoms with E-state index >= 15 is 0 Å². The van der Waals surface area contributed by atoms with Gasteiger partial charge in [0.05, 0.1) is 5.71 Å². The van der Waals surface area contributed by atoms with Crippen LogP contribution in [0.5, 0.6) is 0 Å². The van der Waals surface area contributed by atoms with Gasteiger partial charge in [-0.1, -0.05) is 65.1 Å². The number of oxime groups is 1. The van der Waals surface area contributed by atoms with Crippen molar-refractivity contribution in [2.45, 2.75) is 98.8 Å². The summed E-state index contributed by atoms with van der Waals surface area (Å²) >= 11 is 0. The average molecular weight is 400 g/mol. The first-order chi connectivity index (χ1) is 13.8. The van der Waals surface area contributed by atoms with E-state index in [1.54, 1.807) is 0 Å². The smallest absolute Gasteiger partial charge is 0.0798 e. The second-order valence-corrected chi connectivity index (χ2v) is 12.2. The molecule has 29 heavy (non-hydrogen) atoms. The van der Waals surface area contributed by atoms with E-state index in [0.29, 0.717) is 16.7 Å². The van der Waals surface area contributed by atoms with Crippen molar-refractivity contribution in [1.29, 1.82) is 0 Å². The molecule has 164 valence electrons. The lowest BCUT2D eigenvalue weighted by Gasteiger charge is -2.59. The van der Waals surface area contributed by atoms with Gasteiger partial charge in [-0.25, -0.2) is 0 Å². The molecule has 2 nitrogen and oxygen atoms in total. The number of nitrogens with zero attached hydrogens (tertiary/aromatic N) is 1. The first kappa shape index (κ1) is 21.4.